The minimum atomic E-state index is 0.983. The lowest BCUT2D eigenvalue weighted by atomic mass is 9.92. The van der Waals surface area contributed by atoms with Gasteiger partial charge in [-0.15, -0.1) is 0 Å². The van der Waals surface area contributed by atoms with E-state index in [-0.39, 0.29) is 0 Å². The number of nitrogens with zero attached hydrogens (tertiary/aromatic N) is 3. The van der Waals surface area contributed by atoms with E-state index >= 15 is 0 Å². The highest BCUT2D eigenvalue weighted by atomic mass is 15.3. The Kier molecular flexibility index (Phi) is 5.50. The molecule has 3 nitrogen and oxygen atoms in total. The van der Waals surface area contributed by atoms with E-state index in [4.69, 9.17) is 5.10 Å². The van der Waals surface area contributed by atoms with E-state index in [1.165, 1.54) is 28.8 Å². The molecule has 4 rings (SSSR count). The SMILES string of the molecule is CCN(C/C=C1\CCCc2c1cnn2-c1ccccc1)Cc1ccccc1. The number of para-hydroxylation sites is 1. The third-order valence-corrected chi connectivity index (χ3v) is 5.37. The van der Waals surface area contributed by atoms with Crippen molar-refractivity contribution in [1.82, 2.24) is 14.7 Å². The standard InChI is InChI=1S/C24H27N3/c1-2-26(19-20-10-5-3-6-11-20)17-16-21-12-9-15-24-23(21)18-25-27(24)22-13-7-4-8-14-22/h3-8,10-11,13-14,16,18H,2,9,12,15,17,19H2,1H3/b21-16+. The maximum absolute atomic E-state index is 4.70. The van der Waals surface area contributed by atoms with Crippen molar-refractivity contribution in [2.24, 2.45) is 0 Å². The number of aromatic nitrogens is 2. The van der Waals surface area contributed by atoms with Gasteiger partial charge in [-0.1, -0.05) is 61.5 Å². The fourth-order valence-corrected chi connectivity index (χ4v) is 3.85. The van der Waals surface area contributed by atoms with Crippen molar-refractivity contribution in [3.63, 3.8) is 0 Å². The number of hydrogen-bond acceptors (Lipinski definition) is 2. The highest BCUT2D eigenvalue weighted by molar-refractivity contribution is 5.69. The van der Waals surface area contributed by atoms with E-state index < -0.39 is 0 Å². The van der Waals surface area contributed by atoms with Crippen LogP contribution in [0.15, 0.2) is 72.9 Å². The summed E-state index contributed by atoms with van der Waals surface area (Å²) < 4.78 is 2.11. The minimum Gasteiger partial charge on any atom is -0.296 e. The molecule has 0 aliphatic heterocycles. The van der Waals surface area contributed by atoms with Crippen LogP contribution in [-0.4, -0.2) is 27.8 Å². The molecule has 27 heavy (non-hydrogen) atoms. The lowest BCUT2D eigenvalue weighted by Gasteiger charge is -2.21. The van der Waals surface area contributed by atoms with E-state index in [1.807, 2.05) is 0 Å². The summed E-state index contributed by atoms with van der Waals surface area (Å²) in [5.74, 6) is 0. The van der Waals surface area contributed by atoms with Crippen LogP contribution in [0, 0.1) is 0 Å². The highest BCUT2D eigenvalue weighted by Gasteiger charge is 2.20. The molecule has 0 saturated heterocycles. The summed E-state index contributed by atoms with van der Waals surface area (Å²) in [7, 11) is 0. The zero-order valence-electron chi connectivity index (χ0n) is 16.0. The smallest absolute Gasteiger partial charge is 0.0649 e. The molecule has 1 aliphatic carbocycles. The number of fused-ring (bicyclic) bond motifs is 1. The maximum atomic E-state index is 4.70. The molecule has 3 aromatic rings. The Hall–Kier alpha value is -2.65. The fourth-order valence-electron chi connectivity index (χ4n) is 3.85. The molecule has 0 unspecified atom stereocenters. The zero-order valence-corrected chi connectivity index (χ0v) is 16.0. The average Bonchev–Trinajstić information content (AvgIpc) is 3.17. The van der Waals surface area contributed by atoms with Crippen LogP contribution >= 0.6 is 0 Å². The van der Waals surface area contributed by atoms with E-state index in [1.54, 1.807) is 0 Å². The second kappa shape index (κ2) is 8.36. The molecule has 138 valence electrons. The van der Waals surface area contributed by atoms with Crippen molar-refractivity contribution in [1.29, 1.82) is 0 Å². The van der Waals surface area contributed by atoms with Crippen molar-refractivity contribution >= 4 is 5.57 Å². The minimum absolute atomic E-state index is 0.983. The molecule has 0 N–H and O–H groups in total. The normalized spacial score (nSPS) is 15.3. The van der Waals surface area contributed by atoms with Crippen LogP contribution in [0.5, 0.6) is 0 Å². The molecule has 1 aromatic heterocycles. The molecule has 0 fully saturated rings. The summed E-state index contributed by atoms with van der Waals surface area (Å²) in [6, 6.07) is 21.2. The molecule has 0 atom stereocenters. The van der Waals surface area contributed by atoms with Crippen LogP contribution in [-0.2, 0) is 13.0 Å². The predicted octanol–water partition coefficient (Wildman–Crippen LogP) is 5.11. The Morgan fingerprint density at radius 2 is 1.74 bits per heavy atom. The zero-order chi connectivity index (χ0) is 18.5. The quantitative estimate of drug-likeness (QED) is 0.611. The third-order valence-electron chi connectivity index (χ3n) is 5.37. The summed E-state index contributed by atoms with van der Waals surface area (Å²) in [6.45, 7) is 5.27. The van der Waals surface area contributed by atoms with Crippen molar-refractivity contribution in [3.8, 4) is 5.69 Å². The van der Waals surface area contributed by atoms with Crippen molar-refractivity contribution in [2.45, 2.75) is 32.7 Å². The molecular weight excluding hydrogens is 330 g/mol. The average molecular weight is 358 g/mol. The summed E-state index contributed by atoms with van der Waals surface area (Å²) in [5.41, 5.74) is 6.66. The van der Waals surface area contributed by atoms with Gasteiger partial charge in [0.05, 0.1) is 17.6 Å². The first-order valence-electron chi connectivity index (χ1n) is 9.93. The predicted molar refractivity (Wildman–Crippen MR) is 112 cm³/mol. The summed E-state index contributed by atoms with van der Waals surface area (Å²) in [5, 5.41) is 4.70. The first-order valence-corrected chi connectivity index (χ1v) is 9.93. The Morgan fingerprint density at radius 1 is 1.00 bits per heavy atom. The molecule has 0 saturated carbocycles. The number of likely N-dealkylation sites (N-methyl/N-ethyl adjacent to an activating group) is 1. The van der Waals surface area contributed by atoms with E-state index in [2.05, 4.69) is 89.4 Å². The molecule has 0 amide bonds. The van der Waals surface area contributed by atoms with Crippen LogP contribution in [0.3, 0.4) is 0 Å². The fraction of sp³-hybridized carbons (Fsp3) is 0.292. The second-order valence-electron chi connectivity index (χ2n) is 7.15. The summed E-state index contributed by atoms with van der Waals surface area (Å²) in [4.78, 5) is 2.48. The van der Waals surface area contributed by atoms with Crippen LogP contribution in [0.25, 0.3) is 11.3 Å². The number of benzene rings is 2. The lowest BCUT2D eigenvalue weighted by Crippen LogP contribution is -2.23. The van der Waals surface area contributed by atoms with Gasteiger partial charge in [-0.25, -0.2) is 4.68 Å². The van der Waals surface area contributed by atoms with E-state index in [9.17, 15) is 0 Å². The summed E-state index contributed by atoms with van der Waals surface area (Å²) in [6.07, 6.45) is 7.92. The molecular formula is C24H27N3. The van der Waals surface area contributed by atoms with Crippen LogP contribution in [0.4, 0.5) is 0 Å². The lowest BCUT2D eigenvalue weighted by molar-refractivity contribution is 0.311. The van der Waals surface area contributed by atoms with Crippen LogP contribution in [0.1, 0.15) is 36.6 Å². The molecule has 0 bridgehead atoms. The van der Waals surface area contributed by atoms with Gasteiger partial charge in [0.1, 0.15) is 0 Å². The molecule has 3 heteroatoms. The van der Waals surface area contributed by atoms with Gasteiger partial charge >= 0.3 is 0 Å². The van der Waals surface area contributed by atoms with Gasteiger partial charge in [0.25, 0.3) is 0 Å². The number of rotatable bonds is 6. The third kappa shape index (κ3) is 4.04. The number of allylic oxidation sites excluding steroid dienone is 1. The van der Waals surface area contributed by atoms with Crippen molar-refractivity contribution in [3.05, 3.63) is 89.8 Å². The van der Waals surface area contributed by atoms with E-state index in [0.29, 0.717) is 0 Å². The Morgan fingerprint density at radius 3 is 2.48 bits per heavy atom. The number of hydrogen-bond donors (Lipinski definition) is 0. The van der Waals surface area contributed by atoms with Gasteiger partial charge in [0.2, 0.25) is 0 Å². The maximum Gasteiger partial charge on any atom is 0.0649 e. The van der Waals surface area contributed by atoms with Gasteiger partial charge in [-0.05, 0) is 49.1 Å². The van der Waals surface area contributed by atoms with Crippen molar-refractivity contribution in [2.75, 3.05) is 13.1 Å². The van der Waals surface area contributed by atoms with Crippen LogP contribution < -0.4 is 0 Å². The highest BCUT2D eigenvalue weighted by Crippen LogP contribution is 2.32. The summed E-state index contributed by atoms with van der Waals surface area (Å²) >= 11 is 0. The Balaban J connectivity index is 1.53. The first kappa shape index (κ1) is 17.7. The second-order valence-corrected chi connectivity index (χ2v) is 7.15. The van der Waals surface area contributed by atoms with Crippen molar-refractivity contribution < 1.29 is 0 Å². The van der Waals surface area contributed by atoms with Gasteiger partial charge in [0.15, 0.2) is 0 Å². The molecule has 1 heterocycles. The first-order chi connectivity index (χ1) is 13.3. The van der Waals surface area contributed by atoms with Gasteiger partial charge in [-0.3, -0.25) is 4.90 Å². The monoisotopic (exact) mass is 357 g/mol. The van der Waals surface area contributed by atoms with Crippen LogP contribution in [0.2, 0.25) is 0 Å². The Labute approximate surface area is 162 Å². The topological polar surface area (TPSA) is 21.1 Å². The van der Waals surface area contributed by atoms with Gasteiger partial charge < -0.3 is 0 Å². The largest absolute Gasteiger partial charge is 0.296 e. The molecule has 2 aromatic carbocycles. The van der Waals surface area contributed by atoms with Gasteiger partial charge in [-0.2, -0.15) is 5.10 Å². The van der Waals surface area contributed by atoms with Gasteiger partial charge in [0, 0.05) is 18.7 Å². The molecule has 0 spiro atoms. The molecule has 0 radical (unpaired) electrons. The van der Waals surface area contributed by atoms with E-state index in [0.717, 1.165) is 38.2 Å². The molecule has 1 aliphatic rings. The Bertz CT molecular complexity index is 894.